The molecule has 1 heterocycles. The second kappa shape index (κ2) is 4.45. The third-order valence-corrected chi connectivity index (χ3v) is 1.83. The number of aromatic amines is 1. The van der Waals surface area contributed by atoms with Crippen molar-refractivity contribution in [1.29, 1.82) is 0 Å². The third kappa shape index (κ3) is 2.62. The normalized spacial score (nSPS) is 10.0. The van der Waals surface area contributed by atoms with Gasteiger partial charge in [-0.05, 0) is 12.8 Å². The number of pyridine rings is 1. The zero-order chi connectivity index (χ0) is 10.6. The van der Waals surface area contributed by atoms with E-state index >= 15 is 0 Å². The number of carboxylic acid groups (broad SMARTS) is 1. The predicted octanol–water partition coefficient (Wildman–Crippen LogP) is 0.488. The van der Waals surface area contributed by atoms with Crippen molar-refractivity contribution in [2.45, 2.75) is 19.3 Å². The maximum absolute atomic E-state index is 11.0. The van der Waals surface area contributed by atoms with Gasteiger partial charge in [-0.2, -0.15) is 0 Å². The van der Waals surface area contributed by atoms with Gasteiger partial charge in [0.1, 0.15) is 0 Å². The molecule has 0 spiro atoms. The average molecular weight is 197 g/mol. The number of H-pyrrole nitrogens is 1. The molecule has 5 heteroatoms. The number of nitrogens with one attached hydrogen (secondary N) is 1. The molecule has 0 aliphatic carbocycles. The average Bonchev–Trinajstić information content (AvgIpc) is 2.12. The van der Waals surface area contributed by atoms with Gasteiger partial charge >= 0.3 is 5.97 Å². The molecule has 76 valence electrons. The molecule has 0 aliphatic heterocycles. The topological polar surface area (TPSA) is 90.4 Å². The lowest BCUT2D eigenvalue weighted by atomic mass is 10.1. The maximum atomic E-state index is 11.0. The SMILES string of the molecule is O=C(O)CCCc1[nH]ccc(=O)c1O. The molecule has 1 rings (SSSR count). The van der Waals surface area contributed by atoms with Crippen molar-refractivity contribution >= 4 is 5.97 Å². The Morgan fingerprint density at radius 3 is 2.86 bits per heavy atom. The van der Waals surface area contributed by atoms with Gasteiger partial charge in [0.15, 0.2) is 5.75 Å². The van der Waals surface area contributed by atoms with Crippen LogP contribution in [0.15, 0.2) is 17.1 Å². The van der Waals surface area contributed by atoms with Gasteiger partial charge in [-0.3, -0.25) is 9.59 Å². The Labute approximate surface area is 80.0 Å². The number of carbonyl (C=O) groups is 1. The Kier molecular flexibility index (Phi) is 3.28. The van der Waals surface area contributed by atoms with Crippen LogP contribution in [0.2, 0.25) is 0 Å². The first-order valence-corrected chi connectivity index (χ1v) is 4.22. The fourth-order valence-corrected chi connectivity index (χ4v) is 1.12. The Morgan fingerprint density at radius 1 is 1.50 bits per heavy atom. The molecule has 1 aromatic heterocycles. The molecule has 0 aromatic carbocycles. The van der Waals surface area contributed by atoms with Crippen molar-refractivity contribution < 1.29 is 15.0 Å². The minimum atomic E-state index is -0.886. The van der Waals surface area contributed by atoms with E-state index in [9.17, 15) is 14.7 Å². The van der Waals surface area contributed by atoms with Crippen LogP contribution in [0.4, 0.5) is 0 Å². The van der Waals surface area contributed by atoms with Gasteiger partial charge in [-0.25, -0.2) is 0 Å². The molecule has 0 bridgehead atoms. The van der Waals surface area contributed by atoms with Crippen LogP contribution in [0.5, 0.6) is 5.75 Å². The lowest BCUT2D eigenvalue weighted by molar-refractivity contribution is -0.137. The molecular formula is C9H11NO4. The lowest BCUT2D eigenvalue weighted by Crippen LogP contribution is -2.04. The zero-order valence-electron chi connectivity index (χ0n) is 7.49. The predicted molar refractivity (Wildman–Crippen MR) is 49.3 cm³/mol. The van der Waals surface area contributed by atoms with Crippen molar-refractivity contribution in [2.24, 2.45) is 0 Å². The highest BCUT2D eigenvalue weighted by molar-refractivity contribution is 5.66. The summed E-state index contributed by atoms with van der Waals surface area (Å²) >= 11 is 0. The Morgan fingerprint density at radius 2 is 2.21 bits per heavy atom. The van der Waals surface area contributed by atoms with Gasteiger partial charge in [-0.15, -0.1) is 0 Å². The number of aliphatic carboxylic acids is 1. The fraction of sp³-hybridized carbons (Fsp3) is 0.333. The van der Waals surface area contributed by atoms with Crippen LogP contribution in [0.3, 0.4) is 0 Å². The summed E-state index contributed by atoms with van der Waals surface area (Å²) in [6.07, 6.45) is 2.20. The van der Waals surface area contributed by atoms with Crippen LogP contribution < -0.4 is 5.43 Å². The van der Waals surface area contributed by atoms with Gasteiger partial charge in [0.25, 0.3) is 0 Å². The van der Waals surface area contributed by atoms with E-state index < -0.39 is 11.4 Å². The van der Waals surface area contributed by atoms with Crippen LogP contribution >= 0.6 is 0 Å². The Hall–Kier alpha value is -1.78. The van der Waals surface area contributed by atoms with Gasteiger partial charge in [0.05, 0.1) is 5.69 Å². The number of rotatable bonds is 4. The minimum absolute atomic E-state index is 0.0242. The number of carboxylic acids is 1. The van der Waals surface area contributed by atoms with E-state index in [1.54, 1.807) is 0 Å². The van der Waals surface area contributed by atoms with E-state index in [-0.39, 0.29) is 12.2 Å². The van der Waals surface area contributed by atoms with Crippen molar-refractivity contribution in [3.63, 3.8) is 0 Å². The summed E-state index contributed by atoms with van der Waals surface area (Å²) in [7, 11) is 0. The highest BCUT2D eigenvalue weighted by atomic mass is 16.4. The summed E-state index contributed by atoms with van der Waals surface area (Å²) < 4.78 is 0. The molecule has 0 unspecified atom stereocenters. The molecule has 0 radical (unpaired) electrons. The van der Waals surface area contributed by atoms with Crippen LogP contribution in [-0.4, -0.2) is 21.2 Å². The summed E-state index contributed by atoms with van der Waals surface area (Å²) in [4.78, 5) is 23.9. The summed E-state index contributed by atoms with van der Waals surface area (Å²) in [5.41, 5.74) is -0.0622. The molecule has 0 aliphatic rings. The van der Waals surface area contributed by atoms with Crippen molar-refractivity contribution in [3.8, 4) is 5.75 Å². The Balaban J connectivity index is 2.63. The van der Waals surface area contributed by atoms with Crippen LogP contribution in [0, 0.1) is 0 Å². The van der Waals surface area contributed by atoms with Gasteiger partial charge < -0.3 is 15.2 Å². The van der Waals surface area contributed by atoms with Crippen molar-refractivity contribution in [3.05, 3.63) is 28.2 Å². The zero-order valence-corrected chi connectivity index (χ0v) is 7.49. The standard InChI is InChI=1S/C9H11NO4/c11-7-4-5-10-6(9(7)14)2-1-3-8(12)13/h4-5,14H,1-3H2,(H,10,11)(H,12,13). The second-order valence-corrected chi connectivity index (χ2v) is 2.92. The first kappa shape index (κ1) is 10.3. The number of aryl methyl sites for hydroxylation is 1. The fourth-order valence-electron chi connectivity index (χ4n) is 1.12. The molecule has 0 saturated heterocycles. The smallest absolute Gasteiger partial charge is 0.303 e. The largest absolute Gasteiger partial charge is 0.503 e. The molecule has 3 N–H and O–H groups in total. The highest BCUT2D eigenvalue weighted by Gasteiger charge is 2.05. The quantitative estimate of drug-likeness (QED) is 0.655. The summed E-state index contributed by atoms with van der Waals surface area (Å²) in [6.45, 7) is 0. The molecule has 0 saturated carbocycles. The Bertz CT molecular complexity index is 383. The number of aromatic nitrogens is 1. The maximum Gasteiger partial charge on any atom is 0.303 e. The van der Waals surface area contributed by atoms with Crippen molar-refractivity contribution in [2.75, 3.05) is 0 Å². The van der Waals surface area contributed by atoms with E-state index in [1.165, 1.54) is 12.3 Å². The molecule has 0 fully saturated rings. The molecule has 14 heavy (non-hydrogen) atoms. The van der Waals surface area contributed by atoms with Crippen LogP contribution in [0.1, 0.15) is 18.5 Å². The lowest BCUT2D eigenvalue weighted by Gasteiger charge is -2.01. The first-order chi connectivity index (χ1) is 6.61. The summed E-state index contributed by atoms with van der Waals surface area (Å²) in [6, 6.07) is 1.22. The van der Waals surface area contributed by atoms with Crippen LogP contribution in [-0.2, 0) is 11.2 Å². The van der Waals surface area contributed by atoms with E-state index in [2.05, 4.69) is 4.98 Å². The second-order valence-electron chi connectivity index (χ2n) is 2.92. The van der Waals surface area contributed by atoms with Gasteiger partial charge in [0, 0.05) is 18.7 Å². The highest BCUT2D eigenvalue weighted by Crippen LogP contribution is 2.10. The van der Waals surface area contributed by atoms with Crippen molar-refractivity contribution in [1.82, 2.24) is 4.98 Å². The van der Waals surface area contributed by atoms with E-state index in [0.29, 0.717) is 18.5 Å². The van der Waals surface area contributed by atoms with E-state index in [0.717, 1.165) is 0 Å². The number of hydrogen-bond donors (Lipinski definition) is 3. The van der Waals surface area contributed by atoms with Gasteiger partial charge in [-0.1, -0.05) is 0 Å². The number of hydrogen-bond acceptors (Lipinski definition) is 3. The first-order valence-electron chi connectivity index (χ1n) is 4.22. The van der Waals surface area contributed by atoms with Crippen LogP contribution in [0.25, 0.3) is 0 Å². The third-order valence-electron chi connectivity index (χ3n) is 1.83. The van der Waals surface area contributed by atoms with E-state index in [1.807, 2.05) is 0 Å². The molecule has 0 atom stereocenters. The monoisotopic (exact) mass is 197 g/mol. The van der Waals surface area contributed by atoms with E-state index in [4.69, 9.17) is 5.11 Å². The minimum Gasteiger partial charge on any atom is -0.503 e. The summed E-state index contributed by atoms with van der Waals surface area (Å²) in [5, 5.41) is 17.7. The summed E-state index contributed by atoms with van der Waals surface area (Å²) in [5.74, 6) is -1.21. The molecular weight excluding hydrogens is 186 g/mol. The number of aromatic hydroxyl groups is 1. The van der Waals surface area contributed by atoms with Gasteiger partial charge in [0.2, 0.25) is 5.43 Å². The molecule has 5 nitrogen and oxygen atoms in total. The molecule has 1 aromatic rings. The molecule has 0 amide bonds.